The first-order chi connectivity index (χ1) is 8.83. The molecule has 2 aromatic heterocycles. The van der Waals surface area contributed by atoms with Gasteiger partial charge in [-0.25, -0.2) is 4.68 Å². The van der Waals surface area contributed by atoms with Gasteiger partial charge in [0.15, 0.2) is 0 Å². The monoisotopic (exact) mass is 235 g/mol. The van der Waals surface area contributed by atoms with Crippen LogP contribution in [0.3, 0.4) is 0 Å². The molecule has 3 rings (SSSR count). The lowest BCUT2D eigenvalue weighted by Gasteiger charge is -1.99. The molecule has 0 unspecified atom stereocenters. The molecule has 0 bridgehead atoms. The zero-order chi connectivity index (χ0) is 12.4. The highest BCUT2D eigenvalue weighted by molar-refractivity contribution is 5.56. The summed E-state index contributed by atoms with van der Waals surface area (Å²) in [4.78, 5) is 4.08. The van der Waals surface area contributed by atoms with Gasteiger partial charge in [-0.05, 0) is 42.8 Å². The van der Waals surface area contributed by atoms with Crippen LogP contribution < -0.4 is 0 Å². The van der Waals surface area contributed by atoms with Crippen LogP contribution >= 0.6 is 0 Å². The van der Waals surface area contributed by atoms with Gasteiger partial charge in [-0.2, -0.15) is 0 Å². The molecule has 87 valence electrons. The molecule has 0 fully saturated rings. The SMILES string of the molecule is Cc1[c]ccc(-n2cc(-c3cccnc3)nn2)c1. The highest BCUT2D eigenvalue weighted by atomic mass is 15.4. The summed E-state index contributed by atoms with van der Waals surface area (Å²) < 4.78 is 1.75. The van der Waals surface area contributed by atoms with Gasteiger partial charge < -0.3 is 0 Å². The summed E-state index contributed by atoms with van der Waals surface area (Å²) >= 11 is 0. The van der Waals surface area contributed by atoms with Crippen molar-refractivity contribution in [1.82, 2.24) is 20.0 Å². The van der Waals surface area contributed by atoms with E-state index in [9.17, 15) is 0 Å². The maximum atomic E-state index is 4.16. The summed E-state index contributed by atoms with van der Waals surface area (Å²) in [5.74, 6) is 0. The van der Waals surface area contributed by atoms with Crippen molar-refractivity contribution in [3.05, 3.63) is 60.6 Å². The Hall–Kier alpha value is -2.49. The first-order valence-electron chi connectivity index (χ1n) is 5.64. The maximum absolute atomic E-state index is 4.16. The molecule has 2 heterocycles. The van der Waals surface area contributed by atoms with Crippen molar-refractivity contribution in [1.29, 1.82) is 0 Å². The van der Waals surface area contributed by atoms with E-state index >= 15 is 0 Å². The van der Waals surface area contributed by atoms with Gasteiger partial charge in [0.1, 0.15) is 5.69 Å². The van der Waals surface area contributed by atoms with E-state index in [4.69, 9.17) is 0 Å². The fourth-order valence-electron chi connectivity index (χ4n) is 1.75. The van der Waals surface area contributed by atoms with Gasteiger partial charge in [-0.15, -0.1) is 5.10 Å². The van der Waals surface area contributed by atoms with Crippen molar-refractivity contribution in [2.45, 2.75) is 6.92 Å². The largest absolute Gasteiger partial charge is 0.264 e. The van der Waals surface area contributed by atoms with Crippen molar-refractivity contribution >= 4 is 0 Å². The smallest absolute Gasteiger partial charge is 0.115 e. The minimum atomic E-state index is 0.814. The van der Waals surface area contributed by atoms with Gasteiger partial charge in [0.25, 0.3) is 0 Å². The molecule has 0 spiro atoms. The van der Waals surface area contributed by atoms with Crippen LogP contribution in [0.25, 0.3) is 16.9 Å². The highest BCUT2D eigenvalue weighted by Gasteiger charge is 2.05. The molecule has 0 saturated heterocycles. The second-order valence-electron chi connectivity index (χ2n) is 4.02. The third-order valence-corrected chi connectivity index (χ3v) is 2.64. The molecule has 1 radical (unpaired) electrons. The lowest BCUT2D eigenvalue weighted by molar-refractivity contribution is 0.803. The van der Waals surface area contributed by atoms with Crippen LogP contribution in [0.15, 0.2) is 48.9 Å². The Morgan fingerprint density at radius 3 is 3.00 bits per heavy atom. The Bertz CT molecular complexity index is 658. The molecule has 18 heavy (non-hydrogen) atoms. The zero-order valence-electron chi connectivity index (χ0n) is 9.91. The normalized spacial score (nSPS) is 10.5. The van der Waals surface area contributed by atoms with Crippen LogP contribution in [-0.4, -0.2) is 20.0 Å². The minimum absolute atomic E-state index is 0.814. The standard InChI is InChI=1S/C14H11N4/c1-11-4-2-6-13(8-11)18-10-14(16-17-18)12-5-3-7-15-9-12/h2-3,5-10H,1H3. The van der Waals surface area contributed by atoms with Crippen LogP contribution in [0.4, 0.5) is 0 Å². The summed E-state index contributed by atoms with van der Waals surface area (Å²) in [5.41, 5.74) is 3.83. The van der Waals surface area contributed by atoms with Gasteiger partial charge in [0.05, 0.1) is 11.9 Å². The fourth-order valence-corrected chi connectivity index (χ4v) is 1.75. The van der Waals surface area contributed by atoms with Crippen LogP contribution in [0, 0.1) is 13.0 Å². The second-order valence-corrected chi connectivity index (χ2v) is 4.02. The average molecular weight is 235 g/mol. The lowest BCUT2D eigenvalue weighted by atomic mass is 10.2. The molecule has 4 heteroatoms. The minimum Gasteiger partial charge on any atom is -0.264 e. The molecule has 0 aliphatic carbocycles. The molecule has 3 aromatic rings. The zero-order valence-corrected chi connectivity index (χ0v) is 9.91. The topological polar surface area (TPSA) is 43.6 Å². The highest BCUT2D eigenvalue weighted by Crippen LogP contribution is 2.16. The molecule has 0 amide bonds. The van der Waals surface area contributed by atoms with E-state index in [-0.39, 0.29) is 0 Å². The Kier molecular flexibility index (Phi) is 2.61. The van der Waals surface area contributed by atoms with Crippen molar-refractivity contribution in [3.63, 3.8) is 0 Å². The van der Waals surface area contributed by atoms with E-state index in [2.05, 4.69) is 21.4 Å². The number of pyridine rings is 1. The van der Waals surface area contributed by atoms with E-state index in [0.29, 0.717) is 0 Å². The van der Waals surface area contributed by atoms with Crippen molar-refractivity contribution in [2.75, 3.05) is 0 Å². The molecule has 0 atom stereocenters. The van der Waals surface area contributed by atoms with Gasteiger partial charge in [-0.1, -0.05) is 11.3 Å². The molecular formula is C14H11N4. The number of aryl methyl sites for hydroxylation is 1. The molecular weight excluding hydrogens is 224 g/mol. The van der Waals surface area contributed by atoms with E-state index in [1.54, 1.807) is 17.1 Å². The van der Waals surface area contributed by atoms with Gasteiger partial charge >= 0.3 is 0 Å². The maximum Gasteiger partial charge on any atom is 0.115 e. The number of benzene rings is 1. The van der Waals surface area contributed by atoms with Crippen molar-refractivity contribution < 1.29 is 0 Å². The second kappa shape index (κ2) is 4.41. The van der Waals surface area contributed by atoms with Gasteiger partial charge in [0.2, 0.25) is 0 Å². The predicted octanol–water partition coefficient (Wildman–Crippen LogP) is 2.44. The molecule has 1 aromatic carbocycles. The third kappa shape index (κ3) is 2.00. The van der Waals surface area contributed by atoms with Crippen LogP contribution in [-0.2, 0) is 0 Å². The fraction of sp³-hybridized carbons (Fsp3) is 0.0714. The van der Waals surface area contributed by atoms with E-state index < -0.39 is 0 Å². The van der Waals surface area contributed by atoms with Crippen molar-refractivity contribution in [2.24, 2.45) is 0 Å². The summed E-state index contributed by atoms with van der Waals surface area (Å²) in [6.07, 6.45) is 5.41. The van der Waals surface area contributed by atoms with E-state index in [0.717, 1.165) is 22.5 Å². The Morgan fingerprint density at radius 1 is 1.28 bits per heavy atom. The van der Waals surface area contributed by atoms with Gasteiger partial charge in [0, 0.05) is 18.0 Å². The molecule has 0 N–H and O–H groups in total. The summed E-state index contributed by atoms with van der Waals surface area (Å²) in [5, 5.41) is 8.28. The molecule has 0 saturated carbocycles. The predicted molar refractivity (Wildman–Crippen MR) is 68.2 cm³/mol. The first kappa shape index (κ1) is 10.7. The lowest BCUT2D eigenvalue weighted by Crippen LogP contribution is -1.94. The van der Waals surface area contributed by atoms with Gasteiger partial charge in [-0.3, -0.25) is 4.98 Å². The third-order valence-electron chi connectivity index (χ3n) is 2.64. The first-order valence-corrected chi connectivity index (χ1v) is 5.64. The van der Waals surface area contributed by atoms with E-state index in [1.807, 2.05) is 43.5 Å². The van der Waals surface area contributed by atoms with Crippen LogP contribution in [0.1, 0.15) is 5.56 Å². The number of rotatable bonds is 2. The molecule has 0 aliphatic rings. The van der Waals surface area contributed by atoms with E-state index in [1.165, 1.54) is 0 Å². The Morgan fingerprint density at radius 2 is 2.22 bits per heavy atom. The summed E-state index contributed by atoms with van der Waals surface area (Å²) in [6.45, 7) is 2.00. The number of hydrogen-bond acceptors (Lipinski definition) is 3. The Balaban J connectivity index is 2.00. The van der Waals surface area contributed by atoms with Crippen LogP contribution in [0.2, 0.25) is 0 Å². The summed E-state index contributed by atoms with van der Waals surface area (Å²) in [6, 6.07) is 12.8. The number of aromatic nitrogens is 4. The quantitative estimate of drug-likeness (QED) is 0.685. The number of nitrogens with zero attached hydrogens (tertiary/aromatic N) is 4. The average Bonchev–Trinajstić information content (AvgIpc) is 2.89. The Labute approximate surface area is 105 Å². The van der Waals surface area contributed by atoms with Crippen molar-refractivity contribution in [3.8, 4) is 16.9 Å². The number of hydrogen-bond donors (Lipinski definition) is 0. The molecule has 0 aliphatic heterocycles. The molecule has 4 nitrogen and oxygen atoms in total. The van der Waals surface area contributed by atoms with Crippen LogP contribution in [0.5, 0.6) is 0 Å². The summed E-state index contributed by atoms with van der Waals surface area (Å²) in [7, 11) is 0.